The summed E-state index contributed by atoms with van der Waals surface area (Å²) in [6.45, 7) is 4.62. The molecule has 1 atom stereocenters. The maximum Gasteiger partial charge on any atom is 0.331 e. The Labute approximate surface area is 216 Å². The SMILES string of the molecule is Cc1cc(Cl)cc(-c2ncnc3cc(Cn4c(=O)ccn(C5CC5)c4=O)sc23)c1CC1CNCCO1. The Morgan fingerprint density at radius 2 is 2.08 bits per heavy atom. The average Bonchev–Trinajstić information content (AvgIpc) is 3.62. The number of nitrogens with zero attached hydrogens (tertiary/aromatic N) is 4. The van der Waals surface area contributed by atoms with Gasteiger partial charge in [-0.15, -0.1) is 11.3 Å². The summed E-state index contributed by atoms with van der Waals surface area (Å²) in [5.74, 6) is 0. The topological polar surface area (TPSA) is 91.0 Å². The van der Waals surface area contributed by atoms with Gasteiger partial charge in [-0.05, 0) is 49.1 Å². The van der Waals surface area contributed by atoms with Gasteiger partial charge in [-0.3, -0.25) is 13.9 Å². The molecule has 0 spiro atoms. The monoisotopic (exact) mass is 523 g/mol. The summed E-state index contributed by atoms with van der Waals surface area (Å²) in [7, 11) is 0. The normalized spacial score (nSPS) is 18.1. The van der Waals surface area contributed by atoms with Crippen LogP contribution in [0.3, 0.4) is 0 Å². The Morgan fingerprint density at radius 1 is 1.22 bits per heavy atom. The smallest absolute Gasteiger partial charge is 0.331 e. The molecule has 3 aromatic heterocycles. The van der Waals surface area contributed by atoms with E-state index in [2.05, 4.69) is 22.2 Å². The van der Waals surface area contributed by atoms with Crippen molar-refractivity contribution >= 4 is 33.2 Å². The Morgan fingerprint density at radius 3 is 2.86 bits per heavy atom. The number of hydrogen-bond acceptors (Lipinski definition) is 7. The number of benzene rings is 1. The van der Waals surface area contributed by atoms with Crippen molar-refractivity contribution in [2.45, 2.75) is 44.9 Å². The molecule has 2 aliphatic rings. The minimum absolute atomic E-state index is 0.0761. The first-order chi connectivity index (χ1) is 17.5. The fraction of sp³-hybridized carbons (Fsp3) is 0.385. The van der Waals surface area contributed by atoms with Crippen LogP contribution in [-0.2, 0) is 17.7 Å². The van der Waals surface area contributed by atoms with Crippen molar-refractivity contribution in [2.75, 3.05) is 19.7 Å². The highest BCUT2D eigenvalue weighted by Crippen LogP contribution is 2.37. The van der Waals surface area contributed by atoms with Crippen LogP contribution in [0, 0.1) is 6.92 Å². The second-order valence-electron chi connectivity index (χ2n) is 9.46. The number of nitrogens with one attached hydrogen (secondary N) is 1. The van der Waals surface area contributed by atoms with Crippen LogP contribution in [0.1, 0.15) is 34.9 Å². The van der Waals surface area contributed by atoms with E-state index in [9.17, 15) is 9.59 Å². The van der Waals surface area contributed by atoms with Gasteiger partial charge in [0.25, 0.3) is 5.56 Å². The number of ether oxygens (including phenoxy) is 1. The number of aromatic nitrogens is 4. The summed E-state index contributed by atoms with van der Waals surface area (Å²) in [6, 6.07) is 7.55. The van der Waals surface area contributed by atoms with Crippen LogP contribution >= 0.6 is 22.9 Å². The van der Waals surface area contributed by atoms with Gasteiger partial charge < -0.3 is 10.1 Å². The standard InChI is InChI=1S/C26H26ClN5O3S/c1-15-8-16(27)9-21(20(15)10-18-12-28-5-7-35-18)24-25-22(29-14-30-24)11-19(36-25)13-32-23(33)4-6-31(26(32)34)17-2-3-17/h4,6,8-9,11,14,17-18,28H,2-3,5,7,10,12-13H2,1H3. The largest absolute Gasteiger partial charge is 0.375 e. The average molecular weight is 524 g/mol. The molecule has 0 radical (unpaired) electrons. The molecule has 1 aromatic carbocycles. The van der Waals surface area contributed by atoms with Crippen molar-refractivity contribution in [1.29, 1.82) is 0 Å². The first-order valence-electron chi connectivity index (χ1n) is 12.1. The highest BCUT2D eigenvalue weighted by molar-refractivity contribution is 7.19. The Balaban J connectivity index is 1.41. The molecule has 10 heteroatoms. The molecule has 8 nitrogen and oxygen atoms in total. The predicted octanol–water partition coefficient (Wildman–Crippen LogP) is 3.56. The van der Waals surface area contributed by atoms with Crippen molar-refractivity contribution in [3.63, 3.8) is 0 Å². The highest BCUT2D eigenvalue weighted by atomic mass is 35.5. The van der Waals surface area contributed by atoms with E-state index in [1.54, 1.807) is 17.1 Å². The third-order valence-corrected chi connectivity index (χ3v) is 8.18. The molecule has 186 valence electrons. The van der Waals surface area contributed by atoms with Crippen molar-refractivity contribution < 1.29 is 4.74 Å². The van der Waals surface area contributed by atoms with Gasteiger partial charge in [-0.1, -0.05) is 11.6 Å². The lowest BCUT2D eigenvalue weighted by Crippen LogP contribution is -2.39. The minimum atomic E-state index is -0.297. The number of morpholine rings is 1. The Hall–Kier alpha value is -2.85. The predicted molar refractivity (Wildman–Crippen MR) is 141 cm³/mol. The lowest BCUT2D eigenvalue weighted by Gasteiger charge is -2.25. The first-order valence-corrected chi connectivity index (χ1v) is 13.3. The van der Waals surface area contributed by atoms with E-state index in [4.69, 9.17) is 16.3 Å². The molecule has 1 N–H and O–H groups in total. The number of thiophene rings is 1. The molecule has 1 aliphatic heterocycles. The van der Waals surface area contributed by atoms with Crippen LogP contribution in [0.5, 0.6) is 0 Å². The maximum atomic E-state index is 13.0. The van der Waals surface area contributed by atoms with Crippen LogP contribution in [0.2, 0.25) is 5.02 Å². The summed E-state index contributed by atoms with van der Waals surface area (Å²) in [5, 5.41) is 4.04. The fourth-order valence-electron chi connectivity index (χ4n) is 4.87. The summed E-state index contributed by atoms with van der Waals surface area (Å²) >= 11 is 8.01. The second kappa shape index (κ2) is 9.55. The molecule has 4 aromatic rings. The van der Waals surface area contributed by atoms with Gasteiger partial charge in [0.05, 0.1) is 35.2 Å². The molecular weight excluding hydrogens is 498 g/mol. The molecule has 4 heterocycles. The van der Waals surface area contributed by atoms with Gasteiger partial charge in [0.15, 0.2) is 0 Å². The fourth-order valence-corrected chi connectivity index (χ4v) is 6.25. The molecule has 1 saturated heterocycles. The molecule has 36 heavy (non-hydrogen) atoms. The van der Waals surface area contributed by atoms with Crippen LogP contribution in [-0.4, -0.2) is 44.9 Å². The molecule has 6 rings (SSSR count). The van der Waals surface area contributed by atoms with Crippen LogP contribution in [0.25, 0.3) is 21.5 Å². The molecule has 1 aliphatic carbocycles. The van der Waals surface area contributed by atoms with Gasteiger partial charge in [0.2, 0.25) is 0 Å². The van der Waals surface area contributed by atoms with E-state index in [1.165, 1.54) is 22.0 Å². The molecule has 2 fully saturated rings. The molecule has 0 amide bonds. The van der Waals surface area contributed by atoms with Gasteiger partial charge in [-0.25, -0.2) is 14.8 Å². The van der Waals surface area contributed by atoms with Gasteiger partial charge in [0.1, 0.15) is 6.33 Å². The summed E-state index contributed by atoms with van der Waals surface area (Å²) < 4.78 is 9.86. The second-order valence-corrected chi connectivity index (χ2v) is 11.0. The number of fused-ring (bicyclic) bond motifs is 1. The van der Waals surface area contributed by atoms with Gasteiger partial charge >= 0.3 is 5.69 Å². The molecule has 0 bridgehead atoms. The number of rotatable bonds is 6. The van der Waals surface area contributed by atoms with Crippen LogP contribution in [0.4, 0.5) is 0 Å². The highest BCUT2D eigenvalue weighted by Gasteiger charge is 2.26. The minimum Gasteiger partial charge on any atom is -0.375 e. The zero-order valence-electron chi connectivity index (χ0n) is 19.9. The van der Waals surface area contributed by atoms with Crippen molar-refractivity contribution in [2.24, 2.45) is 0 Å². The third-order valence-electron chi connectivity index (χ3n) is 6.84. The molecule has 1 unspecified atom stereocenters. The van der Waals surface area contributed by atoms with E-state index in [-0.39, 0.29) is 29.9 Å². The van der Waals surface area contributed by atoms with E-state index >= 15 is 0 Å². The van der Waals surface area contributed by atoms with Crippen molar-refractivity contribution in [3.05, 3.63) is 78.7 Å². The summed E-state index contributed by atoms with van der Waals surface area (Å²) in [6.07, 6.45) is 5.94. The maximum absolute atomic E-state index is 13.0. The number of hydrogen-bond donors (Lipinski definition) is 1. The lowest BCUT2D eigenvalue weighted by molar-refractivity contribution is 0.0292. The zero-order valence-corrected chi connectivity index (χ0v) is 21.4. The van der Waals surface area contributed by atoms with Crippen LogP contribution < -0.4 is 16.6 Å². The first kappa shape index (κ1) is 23.5. The van der Waals surface area contributed by atoms with Crippen molar-refractivity contribution in [1.82, 2.24) is 24.4 Å². The van der Waals surface area contributed by atoms with Gasteiger partial charge in [0, 0.05) is 53.3 Å². The van der Waals surface area contributed by atoms with E-state index < -0.39 is 0 Å². The summed E-state index contributed by atoms with van der Waals surface area (Å²) in [5.41, 5.74) is 4.23. The Kier molecular flexibility index (Phi) is 6.25. The molecule has 1 saturated carbocycles. The lowest BCUT2D eigenvalue weighted by atomic mass is 9.94. The Bertz CT molecular complexity index is 1570. The zero-order chi connectivity index (χ0) is 24.8. The van der Waals surface area contributed by atoms with Gasteiger partial charge in [-0.2, -0.15) is 0 Å². The summed E-state index contributed by atoms with van der Waals surface area (Å²) in [4.78, 5) is 35.5. The van der Waals surface area contributed by atoms with Crippen LogP contribution in [0.15, 0.2) is 46.4 Å². The van der Waals surface area contributed by atoms with Crippen molar-refractivity contribution in [3.8, 4) is 11.3 Å². The van der Waals surface area contributed by atoms with E-state index in [0.29, 0.717) is 11.6 Å². The number of aryl methyl sites for hydroxylation is 1. The van der Waals surface area contributed by atoms with E-state index in [1.807, 2.05) is 18.2 Å². The number of halogens is 1. The quantitative estimate of drug-likeness (QED) is 0.415. The third kappa shape index (κ3) is 4.52. The molecular formula is C26H26ClN5O3S. The van der Waals surface area contributed by atoms with E-state index in [0.717, 1.165) is 69.8 Å².